The van der Waals surface area contributed by atoms with Crippen molar-refractivity contribution < 1.29 is 4.74 Å². The molecule has 0 aliphatic heterocycles. The third-order valence-corrected chi connectivity index (χ3v) is 4.30. The lowest BCUT2D eigenvalue weighted by Crippen LogP contribution is -2.16. The highest BCUT2D eigenvalue weighted by Crippen LogP contribution is 2.31. The molecule has 0 aliphatic carbocycles. The summed E-state index contributed by atoms with van der Waals surface area (Å²) in [4.78, 5) is 13.6. The maximum Gasteiger partial charge on any atom is 0.225 e. The first-order valence-corrected chi connectivity index (χ1v) is 9.14. The van der Waals surface area contributed by atoms with E-state index < -0.39 is 0 Å². The molecule has 0 amide bonds. The minimum Gasteiger partial charge on any atom is -0.495 e. The highest BCUT2D eigenvalue weighted by molar-refractivity contribution is 6.31. The highest BCUT2D eigenvalue weighted by Gasteiger charge is 2.11. The molecule has 27 heavy (non-hydrogen) atoms. The van der Waals surface area contributed by atoms with Crippen LogP contribution in [0, 0.1) is 0 Å². The van der Waals surface area contributed by atoms with E-state index in [0.29, 0.717) is 22.5 Å². The number of rotatable bonds is 7. The summed E-state index contributed by atoms with van der Waals surface area (Å²) < 4.78 is 5.41. The van der Waals surface area contributed by atoms with Crippen molar-refractivity contribution in [2.75, 3.05) is 17.7 Å². The van der Waals surface area contributed by atoms with E-state index in [1.54, 1.807) is 25.4 Å². The molecule has 0 spiro atoms. The van der Waals surface area contributed by atoms with Crippen molar-refractivity contribution in [3.05, 3.63) is 53.7 Å². The van der Waals surface area contributed by atoms with Crippen LogP contribution in [0.25, 0.3) is 11.4 Å². The van der Waals surface area contributed by atoms with Gasteiger partial charge in [-0.25, -0.2) is 4.98 Å². The molecule has 2 N–H and O–H groups in total. The van der Waals surface area contributed by atoms with Crippen LogP contribution in [0.5, 0.6) is 5.75 Å². The lowest BCUT2D eigenvalue weighted by Gasteiger charge is -2.15. The molecular weight excluding hydrogens is 362 g/mol. The lowest BCUT2D eigenvalue weighted by molar-refractivity contribution is 0.417. The Labute approximate surface area is 164 Å². The Morgan fingerprint density at radius 1 is 1.11 bits per heavy atom. The van der Waals surface area contributed by atoms with Crippen LogP contribution < -0.4 is 15.4 Å². The highest BCUT2D eigenvalue weighted by atomic mass is 35.5. The first-order valence-electron chi connectivity index (χ1n) is 8.76. The van der Waals surface area contributed by atoms with E-state index in [2.05, 4.69) is 39.4 Å². The average molecular weight is 384 g/mol. The molecule has 0 fully saturated rings. The van der Waals surface area contributed by atoms with Crippen LogP contribution in [-0.4, -0.2) is 28.1 Å². The van der Waals surface area contributed by atoms with Crippen LogP contribution in [0.4, 0.5) is 17.5 Å². The molecule has 0 unspecified atom stereocenters. The van der Waals surface area contributed by atoms with E-state index in [4.69, 9.17) is 16.3 Å². The summed E-state index contributed by atoms with van der Waals surface area (Å²) in [5, 5.41) is 7.21. The minimum atomic E-state index is 0.248. The number of nitrogens with zero attached hydrogens (tertiary/aromatic N) is 3. The van der Waals surface area contributed by atoms with Gasteiger partial charge in [0.25, 0.3) is 0 Å². The summed E-state index contributed by atoms with van der Waals surface area (Å²) in [5.74, 6) is 1.84. The van der Waals surface area contributed by atoms with Crippen molar-refractivity contribution in [2.24, 2.45) is 0 Å². The maximum absolute atomic E-state index is 6.14. The molecular formula is C20H22ClN5O. The molecule has 0 aliphatic rings. The number of hydrogen-bond acceptors (Lipinski definition) is 6. The normalized spacial score (nSPS) is 11.7. The SMILES string of the molecule is CC[C@@H](C)Nc1nc(Nc2cc(Cl)ccc2OC)cc(-c2ccccn2)n1. The van der Waals surface area contributed by atoms with Gasteiger partial charge in [0, 0.05) is 23.3 Å². The molecule has 6 nitrogen and oxygen atoms in total. The van der Waals surface area contributed by atoms with Gasteiger partial charge in [0.05, 0.1) is 24.2 Å². The number of halogens is 1. The molecule has 3 aromatic rings. The molecule has 0 bridgehead atoms. The fraction of sp³-hybridized carbons (Fsp3) is 0.250. The van der Waals surface area contributed by atoms with E-state index in [9.17, 15) is 0 Å². The van der Waals surface area contributed by atoms with Crippen LogP contribution in [-0.2, 0) is 0 Å². The second-order valence-corrected chi connectivity index (χ2v) is 6.54. The van der Waals surface area contributed by atoms with Gasteiger partial charge in [-0.2, -0.15) is 4.98 Å². The van der Waals surface area contributed by atoms with Crippen LogP contribution in [0.1, 0.15) is 20.3 Å². The summed E-state index contributed by atoms with van der Waals surface area (Å²) in [6.07, 6.45) is 2.70. The molecule has 2 heterocycles. The van der Waals surface area contributed by atoms with Crippen LogP contribution in [0.2, 0.25) is 5.02 Å². The van der Waals surface area contributed by atoms with Crippen molar-refractivity contribution >= 4 is 29.1 Å². The van der Waals surface area contributed by atoms with Gasteiger partial charge < -0.3 is 15.4 Å². The van der Waals surface area contributed by atoms with Crippen molar-refractivity contribution in [1.29, 1.82) is 0 Å². The number of methoxy groups -OCH3 is 1. The van der Waals surface area contributed by atoms with Crippen LogP contribution in [0.3, 0.4) is 0 Å². The summed E-state index contributed by atoms with van der Waals surface area (Å²) >= 11 is 6.14. The predicted octanol–water partition coefficient (Wildman–Crippen LogP) is 5.15. The van der Waals surface area contributed by atoms with Crippen molar-refractivity contribution in [1.82, 2.24) is 15.0 Å². The minimum absolute atomic E-state index is 0.248. The number of aromatic nitrogens is 3. The Morgan fingerprint density at radius 3 is 2.67 bits per heavy atom. The third-order valence-electron chi connectivity index (χ3n) is 4.07. The molecule has 2 aromatic heterocycles. The molecule has 7 heteroatoms. The zero-order valence-electron chi connectivity index (χ0n) is 15.5. The predicted molar refractivity (Wildman–Crippen MR) is 110 cm³/mol. The van der Waals surface area contributed by atoms with Gasteiger partial charge in [-0.15, -0.1) is 0 Å². The molecule has 0 saturated heterocycles. The summed E-state index contributed by atoms with van der Waals surface area (Å²) in [7, 11) is 1.61. The maximum atomic E-state index is 6.14. The van der Waals surface area contributed by atoms with Gasteiger partial charge in [-0.1, -0.05) is 24.6 Å². The first kappa shape index (κ1) is 18.9. The zero-order chi connectivity index (χ0) is 19.2. The van der Waals surface area contributed by atoms with Gasteiger partial charge in [-0.05, 0) is 43.7 Å². The molecule has 0 saturated carbocycles. The Balaban J connectivity index is 2.01. The Hall–Kier alpha value is -2.86. The van der Waals surface area contributed by atoms with E-state index in [0.717, 1.165) is 23.5 Å². The number of pyridine rings is 1. The van der Waals surface area contributed by atoms with Crippen molar-refractivity contribution in [2.45, 2.75) is 26.3 Å². The fourth-order valence-corrected chi connectivity index (χ4v) is 2.63. The number of hydrogen-bond donors (Lipinski definition) is 2. The smallest absolute Gasteiger partial charge is 0.225 e. The number of nitrogens with one attached hydrogen (secondary N) is 2. The molecule has 1 atom stereocenters. The van der Waals surface area contributed by atoms with E-state index in [1.165, 1.54) is 0 Å². The van der Waals surface area contributed by atoms with E-state index in [1.807, 2.05) is 30.3 Å². The van der Waals surface area contributed by atoms with Gasteiger partial charge in [0.2, 0.25) is 5.95 Å². The topological polar surface area (TPSA) is 72.0 Å². The van der Waals surface area contributed by atoms with E-state index in [-0.39, 0.29) is 6.04 Å². The summed E-state index contributed by atoms with van der Waals surface area (Å²) in [6, 6.07) is 13.2. The molecule has 3 rings (SSSR count). The summed E-state index contributed by atoms with van der Waals surface area (Å²) in [5.41, 5.74) is 2.22. The van der Waals surface area contributed by atoms with Gasteiger partial charge in [-0.3, -0.25) is 4.98 Å². The van der Waals surface area contributed by atoms with Gasteiger partial charge in [0.1, 0.15) is 11.6 Å². The first-order chi connectivity index (χ1) is 13.1. The average Bonchev–Trinajstić information content (AvgIpc) is 2.68. The molecule has 1 aromatic carbocycles. The Bertz CT molecular complexity index is 904. The number of anilines is 3. The lowest BCUT2D eigenvalue weighted by atomic mass is 10.2. The van der Waals surface area contributed by atoms with Crippen LogP contribution >= 0.6 is 11.6 Å². The van der Waals surface area contributed by atoms with E-state index >= 15 is 0 Å². The number of benzene rings is 1. The third kappa shape index (κ3) is 4.86. The Kier molecular flexibility index (Phi) is 6.08. The van der Waals surface area contributed by atoms with Crippen molar-refractivity contribution in [3.63, 3.8) is 0 Å². The Morgan fingerprint density at radius 2 is 1.96 bits per heavy atom. The summed E-state index contributed by atoms with van der Waals surface area (Å²) in [6.45, 7) is 4.19. The largest absolute Gasteiger partial charge is 0.495 e. The second kappa shape index (κ2) is 8.68. The quantitative estimate of drug-likeness (QED) is 0.587. The molecule has 0 radical (unpaired) electrons. The standard InChI is InChI=1S/C20H22ClN5O/c1-4-13(2)23-20-25-16(15-7-5-6-10-22-15)12-19(26-20)24-17-11-14(21)8-9-18(17)27-3/h5-13H,4H2,1-3H3,(H2,23,24,25,26)/t13-/m1/s1. The zero-order valence-corrected chi connectivity index (χ0v) is 16.3. The van der Waals surface area contributed by atoms with Gasteiger partial charge >= 0.3 is 0 Å². The fourth-order valence-electron chi connectivity index (χ4n) is 2.46. The van der Waals surface area contributed by atoms with Crippen LogP contribution in [0.15, 0.2) is 48.7 Å². The molecule has 140 valence electrons. The van der Waals surface area contributed by atoms with Crippen molar-refractivity contribution in [3.8, 4) is 17.1 Å². The number of ether oxygens (including phenoxy) is 1. The second-order valence-electron chi connectivity index (χ2n) is 6.10. The van der Waals surface area contributed by atoms with Gasteiger partial charge in [0.15, 0.2) is 0 Å². The monoisotopic (exact) mass is 383 g/mol.